The number of nitrogens with zero attached hydrogens (tertiary/aromatic N) is 1. The molecule has 1 N–H and O–H groups in total. The molecule has 0 saturated heterocycles. The van der Waals surface area contributed by atoms with E-state index in [1.54, 1.807) is 13.0 Å². The second kappa shape index (κ2) is 7.34. The zero-order valence-electron chi connectivity index (χ0n) is 14.8. The highest BCUT2D eigenvalue weighted by Crippen LogP contribution is 2.31. The summed E-state index contributed by atoms with van der Waals surface area (Å²) in [6.45, 7) is 7.71. The molecule has 0 unspecified atom stereocenters. The summed E-state index contributed by atoms with van der Waals surface area (Å²) in [6, 6.07) is 12.2. The number of nitrogens with one attached hydrogen (secondary N) is 1. The molecule has 0 aliphatic heterocycles. The number of carbonyl (C=O) groups excluding carboxylic acids is 1. The van der Waals surface area contributed by atoms with E-state index in [1.807, 2.05) is 24.3 Å². The van der Waals surface area contributed by atoms with Crippen molar-refractivity contribution in [2.75, 3.05) is 11.9 Å². The Balaban J connectivity index is 2.09. The molecule has 0 aliphatic carbocycles. The van der Waals surface area contributed by atoms with E-state index < -0.39 is 10.8 Å². The highest BCUT2D eigenvalue weighted by atomic mass is 16.6. The van der Waals surface area contributed by atoms with Crippen molar-refractivity contribution in [2.45, 2.75) is 33.1 Å². The molecule has 0 spiro atoms. The van der Waals surface area contributed by atoms with Crippen molar-refractivity contribution in [2.24, 2.45) is 0 Å². The maximum absolute atomic E-state index is 12.1. The van der Waals surface area contributed by atoms with Crippen LogP contribution in [0.4, 0.5) is 11.4 Å². The van der Waals surface area contributed by atoms with Crippen LogP contribution in [0.15, 0.2) is 42.5 Å². The Morgan fingerprint density at radius 2 is 1.88 bits per heavy atom. The van der Waals surface area contributed by atoms with Crippen LogP contribution in [0.3, 0.4) is 0 Å². The van der Waals surface area contributed by atoms with Crippen LogP contribution in [0, 0.1) is 17.0 Å². The van der Waals surface area contributed by atoms with Gasteiger partial charge in [0.15, 0.2) is 6.61 Å². The van der Waals surface area contributed by atoms with Crippen molar-refractivity contribution in [3.63, 3.8) is 0 Å². The van der Waals surface area contributed by atoms with Gasteiger partial charge in [0.1, 0.15) is 11.4 Å². The summed E-state index contributed by atoms with van der Waals surface area (Å²) in [7, 11) is 0. The van der Waals surface area contributed by atoms with Gasteiger partial charge in [0, 0.05) is 6.07 Å². The molecule has 132 valence electrons. The molecule has 1 amide bonds. The molecule has 2 aromatic carbocycles. The number of amides is 1. The third kappa shape index (κ3) is 4.79. The SMILES string of the molecule is Cc1ccc(NC(=O)COc2ccccc2C(C)(C)C)c([N+](=O)[O-])c1. The summed E-state index contributed by atoms with van der Waals surface area (Å²) < 4.78 is 5.64. The largest absolute Gasteiger partial charge is 0.483 e. The maximum atomic E-state index is 12.1. The van der Waals surface area contributed by atoms with Gasteiger partial charge < -0.3 is 10.1 Å². The molecule has 0 aromatic heterocycles. The smallest absolute Gasteiger partial charge is 0.293 e. The van der Waals surface area contributed by atoms with Gasteiger partial charge >= 0.3 is 0 Å². The third-order valence-corrected chi connectivity index (χ3v) is 3.68. The number of nitro benzene ring substituents is 1. The number of para-hydroxylation sites is 1. The second-order valence-electron chi connectivity index (χ2n) is 6.86. The normalized spacial score (nSPS) is 11.0. The van der Waals surface area contributed by atoms with Crippen LogP contribution in [0.1, 0.15) is 31.9 Å². The van der Waals surface area contributed by atoms with Crippen LogP contribution >= 0.6 is 0 Å². The quantitative estimate of drug-likeness (QED) is 0.651. The molecule has 0 fully saturated rings. The maximum Gasteiger partial charge on any atom is 0.293 e. The molecule has 2 rings (SSSR count). The summed E-state index contributed by atoms with van der Waals surface area (Å²) in [5.41, 5.74) is 1.64. The van der Waals surface area contributed by atoms with Gasteiger partial charge in [-0.1, -0.05) is 45.0 Å². The van der Waals surface area contributed by atoms with Gasteiger partial charge in [-0.15, -0.1) is 0 Å². The fraction of sp³-hybridized carbons (Fsp3) is 0.316. The van der Waals surface area contributed by atoms with Gasteiger partial charge in [-0.3, -0.25) is 14.9 Å². The number of benzene rings is 2. The first kappa shape index (κ1) is 18.4. The lowest BCUT2D eigenvalue weighted by Gasteiger charge is -2.22. The zero-order valence-corrected chi connectivity index (χ0v) is 14.8. The summed E-state index contributed by atoms with van der Waals surface area (Å²) >= 11 is 0. The zero-order chi connectivity index (χ0) is 18.6. The Labute approximate surface area is 147 Å². The van der Waals surface area contributed by atoms with Crippen molar-refractivity contribution >= 4 is 17.3 Å². The fourth-order valence-corrected chi connectivity index (χ4v) is 2.44. The Hall–Kier alpha value is -2.89. The Morgan fingerprint density at radius 3 is 2.52 bits per heavy atom. The Bertz CT molecular complexity index is 794. The van der Waals surface area contributed by atoms with E-state index in [1.165, 1.54) is 12.1 Å². The van der Waals surface area contributed by atoms with E-state index in [0.717, 1.165) is 11.1 Å². The van der Waals surface area contributed by atoms with Crippen LogP contribution in [0.2, 0.25) is 0 Å². The van der Waals surface area contributed by atoms with Crippen LogP contribution in [0.25, 0.3) is 0 Å². The van der Waals surface area contributed by atoms with Gasteiger partial charge in [0.2, 0.25) is 0 Å². The second-order valence-corrected chi connectivity index (χ2v) is 6.86. The number of aryl methyl sites for hydroxylation is 1. The molecule has 0 saturated carbocycles. The number of hydrogen-bond donors (Lipinski definition) is 1. The van der Waals surface area contributed by atoms with E-state index >= 15 is 0 Å². The van der Waals surface area contributed by atoms with Crippen molar-refractivity contribution in [1.82, 2.24) is 0 Å². The average Bonchev–Trinajstić information content (AvgIpc) is 2.54. The lowest BCUT2D eigenvalue weighted by atomic mass is 9.86. The first-order valence-electron chi connectivity index (χ1n) is 7.95. The molecule has 6 nitrogen and oxygen atoms in total. The highest BCUT2D eigenvalue weighted by molar-refractivity contribution is 5.94. The standard InChI is InChI=1S/C19H22N2O4/c1-13-9-10-15(16(11-13)21(23)24)20-18(22)12-25-17-8-6-5-7-14(17)19(2,3)4/h5-11H,12H2,1-4H3,(H,20,22). The van der Waals surface area contributed by atoms with E-state index in [2.05, 4.69) is 26.1 Å². The van der Waals surface area contributed by atoms with E-state index in [4.69, 9.17) is 4.74 Å². The minimum atomic E-state index is -0.516. The van der Waals surface area contributed by atoms with E-state index in [-0.39, 0.29) is 23.4 Å². The van der Waals surface area contributed by atoms with E-state index in [9.17, 15) is 14.9 Å². The van der Waals surface area contributed by atoms with Crippen molar-refractivity contribution in [3.05, 3.63) is 63.7 Å². The minimum absolute atomic E-state index is 0.122. The van der Waals surface area contributed by atoms with Crippen molar-refractivity contribution in [3.8, 4) is 5.75 Å². The summed E-state index contributed by atoms with van der Waals surface area (Å²) in [6.07, 6.45) is 0. The minimum Gasteiger partial charge on any atom is -0.483 e. The highest BCUT2D eigenvalue weighted by Gasteiger charge is 2.20. The Morgan fingerprint density at radius 1 is 1.20 bits per heavy atom. The first-order chi connectivity index (χ1) is 11.7. The number of hydrogen-bond acceptors (Lipinski definition) is 4. The number of ether oxygens (including phenoxy) is 1. The number of rotatable bonds is 5. The molecule has 6 heteroatoms. The van der Waals surface area contributed by atoms with Crippen LogP contribution in [-0.4, -0.2) is 17.4 Å². The first-order valence-corrected chi connectivity index (χ1v) is 7.95. The lowest BCUT2D eigenvalue weighted by molar-refractivity contribution is -0.384. The van der Waals surface area contributed by atoms with Gasteiger partial charge in [-0.2, -0.15) is 0 Å². The van der Waals surface area contributed by atoms with Crippen LogP contribution in [-0.2, 0) is 10.2 Å². The predicted octanol–water partition coefficient (Wildman–Crippen LogP) is 4.22. The molecule has 0 atom stereocenters. The predicted molar refractivity (Wildman–Crippen MR) is 97.1 cm³/mol. The molecule has 2 aromatic rings. The third-order valence-electron chi connectivity index (χ3n) is 3.68. The summed E-state index contributed by atoms with van der Waals surface area (Å²) in [5.74, 6) is 0.180. The van der Waals surface area contributed by atoms with Crippen molar-refractivity contribution in [1.29, 1.82) is 0 Å². The molecule has 0 bridgehead atoms. The monoisotopic (exact) mass is 342 g/mol. The Kier molecular flexibility index (Phi) is 5.41. The molecular weight excluding hydrogens is 320 g/mol. The molecule has 0 radical (unpaired) electrons. The summed E-state index contributed by atoms with van der Waals surface area (Å²) in [4.78, 5) is 22.7. The van der Waals surface area contributed by atoms with Crippen LogP contribution < -0.4 is 10.1 Å². The number of carbonyl (C=O) groups is 1. The van der Waals surface area contributed by atoms with Gasteiger partial charge in [-0.05, 0) is 35.6 Å². The lowest BCUT2D eigenvalue weighted by Crippen LogP contribution is -2.22. The number of anilines is 1. The average molecular weight is 342 g/mol. The van der Waals surface area contributed by atoms with Gasteiger partial charge in [0.25, 0.3) is 11.6 Å². The molecule has 25 heavy (non-hydrogen) atoms. The summed E-state index contributed by atoms with van der Waals surface area (Å²) in [5, 5.41) is 13.7. The van der Waals surface area contributed by atoms with E-state index in [0.29, 0.717) is 5.75 Å². The van der Waals surface area contributed by atoms with Crippen molar-refractivity contribution < 1.29 is 14.5 Å². The van der Waals surface area contributed by atoms with Gasteiger partial charge in [-0.25, -0.2) is 0 Å². The number of nitro groups is 1. The molecule has 0 aliphatic rings. The van der Waals surface area contributed by atoms with Crippen LogP contribution in [0.5, 0.6) is 5.75 Å². The molecule has 0 heterocycles. The fourth-order valence-electron chi connectivity index (χ4n) is 2.44. The topological polar surface area (TPSA) is 81.5 Å². The van der Waals surface area contributed by atoms with Gasteiger partial charge in [0.05, 0.1) is 4.92 Å². The molecular formula is C19H22N2O4.